The summed E-state index contributed by atoms with van der Waals surface area (Å²) in [5.41, 5.74) is 1.19. The lowest BCUT2D eigenvalue weighted by Crippen LogP contribution is -2.17. The highest BCUT2D eigenvalue weighted by atomic mass is 79.9. The van der Waals surface area contributed by atoms with Crippen molar-refractivity contribution in [1.29, 1.82) is 0 Å². The van der Waals surface area contributed by atoms with Crippen LogP contribution >= 0.6 is 15.9 Å². The molecule has 1 rings (SSSR count). The fourth-order valence-corrected chi connectivity index (χ4v) is 3.72. The Labute approximate surface area is 72.5 Å². The fourth-order valence-electron chi connectivity index (χ4n) is 2.11. The molecular formula is C9H17Br. The van der Waals surface area contributed by atoms with Gasteiger partial charge in [0.2, 0.25) is 0 Å². The molecule has 1 fully saturated rings. The van der Waals surface area contributed by atoms with Crippen molar-refractivity contribution in [3.63, 3.8) is 0 Å². The van der Waals surface area contributed by atoms with Crippen LogP contribution in [0.1, 0.15) is 34.1 Å². The van der Waals surface area contributed by atoms with E-state index < -0.39 is 0 Å². The molecule has 1 heteroatoms. The zero-order valence-electron chi connectivity index (χ0n) is 7.37. The van der Waals surface area contributed by atoms with Crippen molar-refractivity contribution in [1.82, 2.24) is 0 Å². The van der Waals surface area contributed by atoms with Crippen molar-refractivity contribution in [3.05, 3.63) is 0 Å². The summed E-state index contributed by atoms with van der Waals surface area (Å²) in [5.74, 6) is 0.821. The van der Waals surface area contributed by atoms with Crippen molar-refractivity contribution >= 4 is 15.9 Å². The summed E-state index contributed by atoms with van der Waals surface area (Å²) in [4.78, 5) is 0. The van der Waals surface area contributed by atoms with Crippen LogP contribution in [-0.2, 0) is 0 Å². The molecule has 1 aliphatic rings. The first kappa shape index (κ1) is 8.58. The number of halogens is 1. The Morgan fingerprint density at radius 1 is 1.40 bits per heavy atom. The predicted octanol–water partition coefficient (Wildman–Crippen LogP) is 3.45. The van der Waals surface area contributed by atoms with Gasteiger partial charge in [0, 0.05) is 5.33 Å². The minimum Gasteiger partial charge on any atom is -0.0922 e. The molecule has 60 valence electrons. The summed E-state index contributed by atoms with van der Waals surface area (Å²) >= 11 is 3.61. The maximum atomic E-state index is 3.61. The number of hydrogen-bond acceptors (Lipinski definition) is 0. The van der Waals surface area contributed by atoms with Crippen molar-refractivity contribution in [2.45, 2.75) is 34.1 Å². The highest BCUT2D eigenvalue weighted by Crippen LogP contribution is 2.67. The maximum Gasteiger partial charge on any atom is 0.00957 e. The first-order valence-corrected chi connectivity index (χ1v) is 5.14. The van der Waals surface area contributed by atoms with Crippen molar-refractivity contribution in [3.8, 4) is 0 Å². The largest absolute Gasteiger partial charge is 0.0922 e. The van der Waals surface area contributed by atoms with Gasteiger partial charge in [0.1, 0.15) is 0 Å². The molecule has 0 amide bonds. The summed E-state index contributed by atoms with van der Waals surface area (Å²) < 4.78 is 0. The topological polar surface area (TPSA) is 0 Å². The lowest BCUT2D eigenvalue weighted by atomic mass is 9.87. The lowest BCUT2D eigenvalue weighted by Gasteiger charge is -2.21. The van der Waals surface area contributed by atoms with E-state index in [1.165, 1.54) is 11.8 Å². The van der Waals surface area contributed by atoms with Gasteiger partial charge in [-0.1, -0.05) is 43.6 Å². The zero-order chi connectivity index (χ0) is 7.99. The molecule has 0 aromatic carbocycles. The average Bonchev–Trinajstić information content (AvgIpc) is 2.35. The van der Waals surface area contributed by atoms with Gasteiger partial charge in [-0.3, -0.25) is 0 Å². The molecule has 0 bridgehead atoms. The van der Waals surface area contributed by atoms with Crippen LogP contribution in [0.25, 0.3) is 0 Å². The molecule has 1 atom stereocenters. The second kappa shape index (κ2) is 2.23. The van der Waals surface area contributed by atoms with E-state index >= 15 is 0 Å². The third-order valence-corrected chi connectivity index (χ3v) is 4.32. The highest BCUT2D eigenvalue weighted by molar-refractivity contribution is 9.09. The van der Waals surface area contributed by atoms with Gasteiger partial charge < -0.3 is 0 Å². The van der Waals surface area contributed by atoms with Crippen LogP contribution in [0.5, 0.6) is 0 Å². The van der Waals surface area contributed by atoms with Crippen LogP contribution in [0.4, 0.5) is 0 Å². The lowest BCUT2D eigenvalue weighted by molar-refractivity contribution is 0.318. The van der Waals surface area contributed by atoms with Gasteiger partial charge in [-0.2, -0.15) is 0 Å². The average molecular weight is 205 g/mol. The molecule has 0 radical (unpaired) electrons. The van der Waals surface area contributed by atoms with Crippen molar-refractivity contribution in [2.24, 2.45) is 16.7 Å². The Kier molecular flexibility index (Phi) is 1.91. The van der Waals surface area contributed by atoms with Gasteiger partial charge >= 0.3 is 0 Å². The Morgan fingerprint density at radius 2 is 1.80 bits per heavy atom. The molecule has 1 aliphatic carbocycles. The van der Waals surface area contributed by atoms with Gasteiger partial charge in [-0.05, 0) is 23.2 Å². The second-order valence-electron chi connectivity index (χ2n) is 4.51. The molecule has 10 heavy (non-hydrogen) atoms. The summed E-state index contributed by atoms with van der Waals surface area (Å²) in [6.45, 7) is 9.40. The first-order valence-electron chi connectivity index (χ1n) is 4.02. The van der Waals surface area contributed by atoms with Crippen LogP contribution in [0, 0.1) is 16.7 Å². The van der Waals surface area contributed by atoms with Crippen LogP contribution in [0.3, 0.4) is 0 Å². The maximum absolute atomic E-state index is 3.61. The van der Waals surface area contributed by atoms with Gasteiger partial charge in [0.15, 0.2) is 0 Å². The van der Waals surface area contributed by atoms with Gasteiger partial charge in [-0.15, -0.1) is 0 Å². The first-order chi connectivity index (χ1) is 4.46. The van der Waals surface area contributed by atoms with E-state index in [1.807, 2.05) is 0 Å². The van der Waals surface area contributed by atoms with Crippen LogP contribution in [0.15, 0.2) is 0 Å². The molecule has 0 aromatic rings. The van der Waals surface area contributed by atoms with Crippen molar-refractivity contribution < 1.29 is 0 Å². The van der Waals surface area contributed by atoms with Gasteiger partial charge in [-0.25, -0.2) is 0 Å². The van der Waals surface area contributed by atoms with E-state index in [0.29, 0.717) is 10.8 Å². The van der Waals surface area contributed by atoms with Gasteiger partial charge in [0.25, 0.3) is 0 Å². The van der Waals surface area contributed by atoms with Crippen LogP contribution < -0.4 is 0 Å². The molecule has 1 unspecified atom stereocenters. The number of rotatable bonds is 2. The minimum absolute atomic E-state index is 0.588. The fraction of sp³-hybridized carbons (Fsp3) is 1.00. The summed E-state index contributed by atoms with van der Waals surface area (Å²) in [5, 5.41) is 1.17. The molecule has 0 aromatic heterocycles. The molecule has 0 spiro atoms. The predicted molar refractivity (Wildman–Crippen MR) is 49.5 cm³/mol. The minimum atomic E-state index is 0.588. The molecule has 0 saturated heterocycles. The zero-order valence-corrected chi connectivity index (χ0v) is 8.96. The Balaban J connectivity index is 2.68. The Morgan fingerprint density at radius 3 is 1.80 bits per heavy atom. The smallest absolute Gasteiger partial charge is 0.00957 e. The summed E-state index contributed by atoms with van der Waals surface area (Å²) in [6, 6.07) is 0. The van der Waals surface area contributed by atoms with E-state index in [1.54, 1.807) is 0 Å². The normalized spacial score (nSPS) is 36.6. The second-order valence-corrected chi connectivity index (χ2v) is 5.07. The van der Waals surface area contributed by atoms with Crippen LogP contribution in [-0.4, -0.2) is 5.33 Å². The third-order valence-electron chi connectivity index (χ3n) is 3.32. The molecule has 1 saturated carbocycles. The van der Waals surface area contributed by atoms with E-state index in [9.17, 15) is 0 Å². The quantitative estimate of drug-likeness (QED) is 0.605. The van der Waals surface area contributed by atoms with E-state index in [-0.39, 0.29) is 0 Å². The number of alkyl halides is 1. The monoisotopic (exact) mass is 204 g/mol. The molecular weight excluding hydrogens is 188 g/mol. The van der Waals surface area contributed by atoms with Crippen LogP contribution in [0.2, 0.25) is 0 Å². The molecule has 0 nitrogen and oxygen atoms in total. The highest BCUT2D eigenvalue weighted by Gasteiger charge is 2.61. The van der Waals surface area contributed by atoms with Gasteiger partial charge in [0.05, 0.1) is 0 Å². The molecule has 0 aliphatic heterocycles. The van der Waals surface area contributed by atoms with Crippen molar-refractivity contribution in [2.75, 3.05) is 5.33 Å². The van der Waals surface area contributed by atoms with E-state index in [0.717, 1.165) is 5.92 Å². The summed E-state index contributed by atoms with van der Waals surface area (Å²) in [6.07, 6.45) is 1.39. The molecule has 0 heterocycles. The standard InChI is InChI=1S/C9H17Br/c1-7(2)9(6-10)5-8(9,3)4/h7H,5-6H2,1-4H3. The molecule has 0 N–H and O–H groups in total. The van der Waals surface area contributed by atoms with E-state index in [4.69, 9.17) is 0 Å². The third kappa shape index (κ3) is 0.939. The number of hydrogen-bond donors (Lipinski definition) is 0. The Bertz CT molecular complexity index is 138. The Hall–Kier alpha value is 0.480. The van der Waals surface area contributed by atoms with E-state index in [2.05, 4.69) is 43.6 Å². The summed E-state index contributed by atoms with van der Waals surface area (Å²) in [7, 11) is 0. The SMILES string of the molecule is CC(C)C1(CBr)CC1(C)C.